The van der Waals surface area contributed by atoms with Crippen LogP contribution in [0.4, 0.5) is 5.69 Å². The second-order valence-electron chi connectivity index (χ2n) is 7.27. The molecule has 10 heteroatoms. The highest BCUT2D eigenvalue weighted by molar-refractivity contribution is 6.30. The Morgan fingerprint density at radius 2 is 1.84 bits per heavy atom. The van der Waals surface area contributed by atoms with Crippen LogP contribution in [0.2, 0.25) is 5.02 Å². The van der Waals surface area contributed by atoms with Crippen molar-refractivity contribution in [2.24, 2.45) is 5.92 Å². The zero-order chi connectivity index (χ0) is 22.4. The standard InChI is InChI=1S/C21H25ClN6O3/c1-4-27-12-18(19(26-27)21(30)23-11-14(2)3)24-20(29)17-9-10-28(25-17)13-31-16-7-5-15(22)6-8-16/h5-10,12,14H,4,11,13H2,1-3H3,(H,23,30)(H,24,29). The lowest BCUT2D eigenvalue weighted by molar-refractivity contribution is 0.0944. The number of nitrogens with one attached hydrogen (secondary N) is 2. The Morgan fingerprint density at radius 3 is 2.52 bits per heavy atom. The normalized spacial score (nSPS) is 10.9. The van der Waals surface area contributed by atoms with Crippen molar-refractivity contribution in [1.82, 2.24) is 24.9 Å². The lowest BCUT2D eigenvalue weighted by atomic mass is 10.2. The van der Waals surface area contributed by atoms with Crippen molar-refractivity contribution in [3.63, 3.8) is 0 Å². The molecule has 0 atom stereocenters. The van der Waals surface area contributed by atoms with Gasteiger partial charge in [-0.1, -0.05) is 25.4 Å². The van der Waals surface area contributed by atoms with Crippen LogP contribution >= 0.6 is 11.6 Å². The van der Waals surface area contributed by atoms with E-state index in [0.717, 1.165) is 0 Å². The summed E-state index contributed by atoms with van der Waals surface area (Å²) in [7, 11) is 0. The van der Waals surface area contributed by atoms with E-state index >= 15 is 0 Å². The number of aryl methyl sites for hydroxylation is 1. The van der Waals surface area contributed by atoms with Gasteiger partial charge in [-0.25, -0.2) is 4.68 Å². The Labute approximate surface area is 185 Å². The monoisotopic (exact) mass is 444 g/mol. The zero-order valence-corrected chi connectivity index (χ0v) is 18.4. The highest BCUT2D eigenvalue weighted by Crippen LogP contribution is 2.17. The lowest BCUT2D eigenvalue weighted by Crippen LogP contribution is -2.28. The first kappa shape index (κ1) is 22.4. The van der Waals surface area contributed by atoms with Crippen molar-refractivity contribution in [1.29, 1.82) is 0 Å². The topological polar surface area (TPSA) is 103 Å². The molecule has 3 aromatic rings. The average Bonchev–Trinajstić information content (AvgIpc) is 3.38. The molecule has 0 spiro atoms. The van der Waals surface area contributed by atoms with E-state index in [9.17, 15) is 9.59 Å². The smallest absolute Gasteiger partial charge is 0.276 e. The Balaban J connectivity index is 1.65. The van der Waals surface area contributed by atoms with Crippen LogP contribution in [0.5, 0.6) is 5.75 Å². The largest absolute Gasteiger partial charge is 0.471 e. The van der Waals surface area contributed by atoms with Crippen molar-refractivity contribution in [3.8, 4) is 5.75 Å². The first-order valence-corrected chi connectivity index (χ1v) is 10.3. The van der Waals surface area contributed by atoms with Crippen molar-refractivity contribution >= 4 is 29.1 Å². The molecule has 9 nitrogen and oxygen atoms in total. The molecule has 0 saturated carbocycles. The Morgan fingerprint density at radius 1 is 1.10 bits per heavy atom. The molecule has 2 aromatic heterocycles. The first-order chi connectivity index (χ1) is 14.9. The number of anilines is 1. The molecule has 0 aliphatic heterocycles. The van der Waals surface area contributed by atoms with Gasteiger partial charge in [0.25, 0.3) is 11.8 Å². The number of benzene rings is 1. The van der Waals surface area contributed by atoms with Gasteiger partial charge in [0.05, 0.1) is 5.69 Å². The minimum atomic E-state index is -0.446. The second kappa shape index (κ2) is 10.1. The molecule has 0 aliphatic carbocycles. The molecule has 3 rings (SSSR count). The minimum absolute atomic E-state index is 0.130. The van der Waals surface area contributed by atoms with Crippen LogP contribution < -0.4 is 15.4 Å². The first-order valence-electron chi connectivity index (χ1n) is 9.94. The van der Waals surface area contributed by atoms with Crippen LogP contribution in [0.1, 0.15) is 41.7 Å². The molecule has 0 fully saturated rings. The molecular weight excluding hydrogens is 420 g/mol. The lowest BCUT2D eigenvalue weighted by Gasteiger charge is -2.08. The van der Waals surface area contributed by atoms with Crippen molar-refractivity contribution in [2.45, 2.75) is 34.0 Å². The predicted molar refractivity (Wildman–Crippen MR) is 117 cm³/mol. The van der Waals surface area contributed by atoms with E-state index in [0.29, 0.717) is 35.5 Å². The number of amides is 2. The third-order valence-electron chi connectivity index (χ3n) is 4.27. The van der Waals surface area contributed by atoms with Crippen LogP contribution in [0.3, 0.4) is 0 Å². The summed E-state index contributed by atoms with van der Waals surface area (Å²) in [5, 5.41) is 14.7. The summed E-state index contributed by atoms with van der Waals surface area (Å²) in [6.45, 7) is 7.11. The van der Waals surface area contributed by atoms with E-state index in [1.54, 1.807) is 47.4 Å². The van der Waals surface area contributed by atoms with Crippen molar-refractivity contribution in [3.05, 3.63) is 59.1 Å². The zero-order valence-electron chi connectivity index (χ0n) is 17.6. The van der Waals surface area contributed by atoms with Gasteiger partial charge < -0.3 is 15.4 Å². The third-order valence-corrected chi connectivity index (χ3v) is 4.52. The van der Waals surface area contributed by atoms with Gasteiger partial charge in [0.15, 0.2) is 18.1 Å². The molecule has 0 saturated heterocycles. The maximum atomic E-state index is 12.7. The highest BCUT2D eigenvalue weighted by Gasteiger charge is 2.20. The molecule has 0 unspecified atom stereocenters. The molecule has 0 radical (unpaired) electrons. The summed E-state index contributed by atoms with van der Waals surface area (Å²) in [6.07, 6.45) is 3.26. The fourth-order valence-corrected chi connectivity index (χ4v) is 2.76. The maximum absolute atomic E-state index is 12.7. The summed E-state index contributed by atoms with van der Waals surface area (Å²) < 4.78 is 8.71. The molecule has 0 aliphatic rings. The van der Waals surface area contributed by atoms with Crippen LogP contribution in [0, 0.1) is 5.92 Å². The SMILES string of the molecule is CCn1cc(NC(=O)c2ccn(COc3ccc(Cl)cc3)n2)c(C(=O)NCC(C)C)n1. The number of hydrogen-bond donors (Lipinski definition) is 2. The van der Waals surface area contributed by atoms with E-state index < -0.39 is 5.91 Å². The Bertz CT molecular complexity index is 1040. The van der Waals surface area contributed by atoms with Gasteiger partial charge in [-0.15, -0.1) is 0 Å². The van der Waals surface area contributed by atoms with Gasteiger partial charge in [-0.3, -0.25) is 14.3 Å². The molecule has 2 N–H and O–H groups in total. The van der Waals surface area contributed by atoms with Gasteiger partial charge in [0.2, 0.25) is 0 Å². The van der Waals surface area contributed by atoms with Crippen LogP contribution in [0.25, 0.3) is 0 Å². The molecule has 1 aromatic carbocycles. The van der Waals surface area contributed by atoms with E-state index in [4.69, 9.17) is 16.3 Å². The summed E-state index contributed by atoms with van der Waals surface area (Å²) in [5.74, 6) is 0.154. The van der Waals surface area contributed by atoms with Crippen LogP contribution in [0.15, 0.2) is 42.7 Å². The Kier molecular flexibility index (Phi) is 7.30. The molecular formula is C21H25ClN6O3. The van der Waals surface area contributed by atoms with Gasteiger partial charge in [0.1, 0.15) is 5.75 Å². The number of aromatic nitrogens is 4. The molecule has 2 heterocycles. The number of halogens is 1. The third kappa shape index (κ3) is 6.08. The number of hydrogen-bond acceptors (Lipinski definition) is 5. The minimum Gasteiger partial charge on any atom is -0.471 e. The average molecular weight is 445 g/mol. The van der Waals surface area contributed by atoms with E-state index in [2.05, 4.69) is 20.8 Å². The van der Waals surface area contributed by atoms with Gasteiger partial charge in [-0.2, -0.15) is 10.2 Å². The quantitative estimate of drug-likeness (QED) is 0.526. The van der Waals surface area contributed by atoms with E-state index in [1.807, 2.05) is 20.8 Å². The van der Waals surface area contributed by atoms with E-state index in [-0.39, 0.29) is 24.0 Å². The molecule has 31 heavy (non-hydrogen) atoms. The van der Waals surface area contributed by atoms with Gasteiger partial charge in [0, 0.05) is 30.5 Å². The molecule has 0 bridgehead atoms. The van der Waals surface area contributed by atoms with Gasteiger partial charge >= 0.3 is 0 Å². The number of carbonyl (C=O) groups is 2. The summed E-state index contributed by atoms with van der Waals surface area (Å²) in [5.41, 5.74) is 0.693. The summed E-state index contributed by atoms with van der Waals surface area (Å²) in [4.78, 5) is 25.1. The van der Waals surface area contributed by atoms with Crippen LogP contribution in [-0.4, -0.2) is 37.9 Å². The maximum Gasteiger partial charge on any atom is 0.276 e. The number of rotatable bonds is 9. The molecule has 164 valence electrons. The highest BCUT2D eigenvalue weighted by atomic mass is 35.5. The van der Waals surface area contributed by atoms with Crippen LogP contribution in [-0.2, 0) is 13.3 Å². The Hall–Kier alpha value is -3.33. The van der Waals surface area contributed by atoms with E-state index in [1.165, 1.54) is 4.68 Å². The molecule has 2 amide bonds. The number of carbonyl (C=O) groups excluding carboxylic acids is 2. The fourth-order valence-electron chi connectivity index (χ4n) is 2.64. The summed E-state index contributed by atoms with van der Waals surface area (Å²) in [6, 6.07) is 8.52. The fraction of sp³-hybridized carbons (Fsp3) is 0.333. The van der Waals surface area contributed by atoms with Gasteiger partial charge in [-0.05, 0) is 43.2 Å². The number of ether oxygens (including phenoxy) is 1. The number of nitrogens with zero attached hydrogens (tertiary/aromatic N) is 4. The van der Waals surface area contributed by atoms with Crippen molar-refractivity contribution in [2.75, 3.05) is 11.9 Å². The predicted octanol–water partition coefficient (Wildman–Crippen LogP) is 3.43. The second-order valence-corrected chi connectivity index (χ2v) is 7.71. The van der Waals surface area contributed by atoms with Crippen molar-refractivity contribution < 1.29 is 14.3 Å². The summed E-state index contributed by atoms with van der Waals surface area (Å²) >= 11 is 5.86.